The smallest absolute Gasteiger partial charge is 0.279 e. The zero-order valence-corrected chi connectivity index (χ0v) is 17.9. The fourth-order valence-corrected chi connectivity index (χ4v) is 3.90. The maximum absolute atomic E-state index is 12.9. The highest BCUT2D eigenvalue weighted by Gasteiger charge is 2.23. The normalized spacial score (nSPS) is 17.3. The summed E-state index contributed by atoms with van der Waals surface area (Å²) in [6.07, 6.45) is 2.42. The van der Waals surface area contributed by atoms with Crippen molar-refractivity contribution in [2.24, 2.45) is 0 Å². The third-order valence-electron chi connectivity index (χ3n) is 5.54. The van der Waals surface area contributed by atoms with Gasteiger partial charge in [-0.05, 0) is 51.8 Å². The van der Waals surface area contributed by atoms with Gasteiger partial charge in [-0.25, -0.2) is 0 Å². The SMILES string of the molecule is Cc1ccc(NC(=O)C[NH+](C)CC(=O)c2cc(C)n(C[C@H]3CCCO3)c2C)cc1. The van der Waals surface area contributed by atoms with Gasteiger partial charge in [0.2, 0.25) is 5.78 Å². The standard InChI is InChI=1S/C23H31N3O3/c1-16-7-9-19(10-8-16)24-23(28)15-25(4)14-22(27)21-12-17(2)26(18(21)3)13-20-6-5-11-29-20/h7-10,12,20H,5-6,11,13-15H2,1-4H3,(H,24,28)/p+1/t20-/m1/s1. The number of ketones is 1. The van der Waals surface area contributed by atoms with Crippen LogP contribution in [0.15, 0.2) is 30.3 Å². The van der Waals surface area contributed by atoms with Crippen molar-refractivity contribution in [3.8, 4) is 0 Å². The van der Waals surface area contributed by atoms with Gasteiger partial charge in [0.1, 0.15) is 6.54 Å². The number of aromatic nitrogens is 1. The van der Waals surface area contributed by atoms with Crippen molar-refractivity contribution in [1.82, 2.24) is 4.57 Å². The number of ether oxygens (including phenoxy) is 1. The highest BCUT2D eigenvalue weighted by atomic mass is 16.5. The fourth-order valence-electron chi connectivity index (χ4n) is 3.90. The molecule has 29 heavy (non-hydrogen) atoms. The number of quaternary nitrogens is 1. The van der Waals surface area contributed by atoms with E-state index in [1.165, 1.54) is 0 Å². The van der Waals surface area contributed by atoms with Gasteiger partial charge in [0.15, 0.2) is 6.54 Å². The third kappa shape index (κ3) is 5.55. The molecule has 1 aliphatic rings. The Bertz CT molecular complexity index is 864. The molecule has 0 spiro atoms. The molecule has 1 fully saturated rings. The van der Waals surface area contributed by atoms with E-state index in [1.54, 1.807) is 0 Å². The molecule has 6 heteroatoms. The minimum Gasteiger partial charge on any atom is -0.376 e. The summed E-state index contributed by atoms with van der Waals surface area (Å²) >= 11 is 0. The number of nitrogens with one attached hydrogen (secondary N) is 2. The van der Waals surface area contributed by atoms with Crippen LogP contribution in [0.2, 0.25) is 0 Å². The molecule has 1 amide bonds. The zero-order chi connectivity index (χ0) is 21.0. The molecule has 3 rings (SSSR count). The maximum atomic E-state index is 12.9. The summed E-state index contributed by atoms with van der Waals surface area (Å²) in [7, 11) is 1.87. The molecule has 0 aliphatic carbocycles. The molecule has 2 heterocycles. The molecule has 2 aromatic rings. The van der Waals surface area contributed by atoms with Crippen LogP contribution in [0.5, 0.6) is 0 Å². The monoisotopic (exact) mass is 398 g/mol. The Morgan fingerprint density at radius 2 is 1.90 bits per heavy atom. The fraction of sp³-hybridized carbons (Fsp3) is 0.478. The minimum atomic E-state index is -0.0944. The second-order valence-electron chi connectivity index (χ2n) is 8.18. The number of rotatable bonds is 8. The molecule has 0 radical (unpaired) electrons. The Balaban J connectivity index is 1.56. The topological polar surface area (TPSA) is 64.8 Å². The van der Waals surface area contributed by atoms with Crippen molar-refractivity contribution in [3.63, 3.8) is 0 Å². The van der Waals surface area contributed by atoms with Crippen LogP contribution in [0.25, 0.3) is 0 Å². The van der Waals surface area contributed by atoms with Gasteiger partial charge in [-0.1, -0.05) is 17.7 Å². The summed E-state index contributed by atoms with van der Waals surface area (Å²) in [6, 6.07) is 9.66. The van der Waals surface area contributed by atoms with Crippen molar-refractivity contribution in [3.05, 3.63) is 52.8 Å². The highest BCUT2D eigenvalue weighted by Crippen LogP contribution is 2.20. The summed E-state index contributed by atoms with van der Waals surface area (Å²) < 4.78 is 7.93. The largest absolute Gasteiger partial charge is 0.376 e. The van der Waals surface area contributed by atoms with Crippen molar-refractivity contribution >= 4 is 17.4 Å². The number of aryl methyl sites for hydroxylation is 2. The molecule has 2 N–H and O–H groups in total. The Morgan fingerprint density at radius 1 is 1.17 bits per heavy atom. The predicted octanol–water partition coefficient (Wildman–Crippen LogP) is 1.93. The summed E-state index contributed by atoms with van der Waals surface area (Å²) in [5.41, 5.74) is 4.74. The number of hydrogen-bond donors (Lipinski definition) is 2. The molecule has 0 bridgehead atoms. The lowest BCUT2D eigenvalue weighted by molar-refractivity contribution is -0.861. The van der Waals surface area contributed by atoms with Gasteiger partial charge >= 0.3 is 0 Å². The number of carbonyl (C=O) groups excluding carboxylic acids is 2. The Kier molecular flexibility index (Phi) is 6.87. The molecule has 0 saturated carbocycles. The first-order chi connectivity index (χ1) is 13.8. The molecule has 1 saturated heterocycles. The van der Waals surface area contributed by atoms with E-state index in [1.807, 2.05) is 58.2 Å². The van der Waals surface area contributed by atoms with Crippen LogP contribution < -0.4 is 10.2 Å². The number of benzene rings is 1. The number of hydrogen-bond acceptors (Lipinski definition) is 3. The maximum Gasteiger partial charge on any atom is 0.279 e. The van der Waals surface area contributed by atoms with E-state index in [-0.39, 0.29) is 30.9 Å². The van der Waals surface area contributed by atoms with Crippen molar-refractivity contribution < 1.29 is 19.2 Å². The Morgan fingerprint density at radius 3 is 2.55 bits per heavy atom. The average Bonchev–Trinajstić information content (AvgIpc) is 3.27. The number of likely N-dealkylation sites (N-methyl/N-ethyl adjacent to an activating group) is 1. The van der Waals surface area contributed by atoms with Crippen LogP contribution in [0.1, 0.15) is 40.2 Å². The van der Waals surface area contributed by atoms with E-state index in [2.05, 4.69) is 9.88 Å². The van der Waals surface area contributed by atoms with E-state index in [0.717, 1.165) is 59.1 Å². The lowest BCUT2D eigenvalue weighted by atomic mass is 10.1. The second kappa shape index (κ2) is 9.37. The lowest BCUT2D eigenvalue weighted by Crippen LogP contribution is -3.11. The predicted molar refractivity (Wildman–Crippen MR) is 114 cm³/mol. The summed E-state index contributed by atoms with van der Waals surface area (Å²) in [6.45, 7) is 8.19. The van der Waals surface area contributed by atoms with Crippen LogP contribution in [-0.2, 0) is 16.1 Å². The molecule has 1 aliphatic heterocycles. The van der Waals surface area contributed by atoms with Gasteiger partial charge < -0.3 is 19.5 Å². The van der Waals surface area contributed by atoms with Crippen molar-refractivity contribution in [2.75, 3.05) is 32.1 Å². The highest BCUT2D eigenvalue weighted by molar-refractivity contribution is 5.98. The summed E-state index contributed by atoms with van der Waals surface area (Å²) in [4.78, 5) is 26.0. The van der Waals surface area contributed by atoms with Gasteiger partial charge in [0, 0.05) is 35.8 Å². The van der Waals surface area contributed by atoms with Crippen molar-refractivity contribution in [2.45, 2.75) is 46.3 Å². The zero-order valence-electron chi connectivity index (χ0n) is 17.9. The molecule has 1 aromatic heterocycles. The molecule has 156 valence electrons. The van der Waals surface area contributed by atoms with Crippen LogP contribution in [0.3, 0.4) is 0 Å². The first-order valence-electron chi connectivity index (χ1n) is 10.3. The Hall–Kier alpha value is -2.44. The second-order valence-corrected chi connectivity index (χ2v) is 8.18. The van der Waals surface area contributed by atoms with Crippen LogP contribution in [0.4, 0.5) is 5.69 Å². The molecular weight excluding hydrogens is 366 g/mol. The third-order valence-corrected chi connectivity index (χ3v) is 5.54. The van der Waals surface area contributed by atoms with Gasteiger partial charge in [0.25, 0.3) is 5.91 Å². The number of Topliss-reactive ketones (excluding diaryl/α,β-unsaturated/α-hetero) is 1. The first-order valence-corrected chi connectivity index (χ1v) is 10.3. The number of anilines is 1. The molecule has 2 atom stereocenters. The van der Waals surface area contributed by atoms with E-state index >= 15 is 0 Å². The first kappa shape index (κ1) is 21.3. The van der Waals surface area contributed by atoms with E-state index < -0.39 is 0 Å². The van der Waals surface area contributed by atoms with Crippen LogP contribution >= 0.6 is 0 Å². The summed E-state index contributed by atoms with van der Waals surface area (Å²) in [5.74, 6) is -0.0275. The van der Waals surface area contributed by atoms with E-state index in [0.29, 0.717) is 0 Å². The van der Waals surface area contributed by atoms with Crippen molar-refractivity contribution in [1.29, 1.82) is 0 Å². The molecule has 1 aromatic carbocycles. The lowest BCUT2D eigenvalue weighted by Gasteiger charge is -2.15. The number of nitrogens with zero attached hydrogens (tertiary/aromatic N) is 1. The van der Waals surface area contributed by atoms with Crippen LogP contribution in [-0.4, -0.2) is 49.1 Å². The van der Waals surface area contributed by atoms with Gasteiger partial charge in [-0.15, -0.1) is 0 Å². The molecule has 1 unspecified atom stereocenters. The number of carbonyl (C=O) groups is 2. The van der Waals surface area contributed by atoms with E-state index in [9.17, 15) is 9.59 Å². The molecular formula is C23H32N3O3+. The minimum absolute atomic E-state index is 0.0670. The Labute approximate surface area is 172 Å². The quantitative estimate of drug-likeness (QED) is 0.668. The average molecular weight is 399 g/mol. The van der Waals surface area contributed by atoms with Gasteiger partial charge in [-0.2, -0.15) is 0 Å². The number of amides is 1. The molecule has 6 nitrogen and oxygen atoms in total. The van der Waals surface area contributed by atoms with Gasteiger partial charge in [0.05, 0.1) is 13.2 Å². The van der Waals surface area contributed by atoms with Crippen LogP contribution in [0, 0.1) is 20.8 Å². The van der Waals surface area contributed by atoms with E-state index in [4.69, 9.17) is 4.74 Å². The van der Waals surface area contributed by atoms with Gasteiger partial charge in [-0.3, -0.25) is 9.59 Å². The summed E-state index contributed by atoms with van der Waals surface area (Å²) in [5, 5.41) is 2.89.